The lowest BCUT2D eigenvalue weighted by Gasteiger charge is -2.19. The molecule has 28 heavy (non-hydrogen) atoms. The third-order valence-corrected chi connectivity index (χ3v) is 5.85. The molecule has 3 aromatic carbocycles. The van der Waals surface area contributed by atoms with Crippen molar-refractivity contribution in [3.05, 3.63) is 83.7 Å². The maximum atomic E-state index is 12.2. The molecule has 0 radical (unpaired) electrons. The zero-order valence-corrected chi connectivity index (χ0v) is 15.7. The summed E-state index contributed by atoms with van der Waals surface area (Å²) in [6, 6.07) is 20.3. The highest BCUT2D eigenvalue weighted by Gasteiger charge is 2.21. The lowest BCUT2D eigenvalue weighted by molar-refractivity contribution is -0.645. The van der Waals surface area contributed by atoms with Gasteiger partial charge in [0.25, 0.3) is 5.03 Å². The molecule has 3 N–H and O–H groups in total. The van der Waals surface area contributed by atoms with E-state index in [2.05, 4.69) is 0 Å². The van der Waals surface area contributed by atoms with E-state index in [4.69, 9.17) is 5.73 Å². The van der Waals surface area contributed by atoms with Crippen molar-refractivity contribution in [2.45, 2.75) is 22.4 Å². The number of rotatable bonds is 5. The second-order valence-electron chi connectivity index (χ2n) is 6.51. The molecule has 0 aliphatic heterocycles. The largest absolute Gasteiger partial charge is 0.618 e. The first kappa shape index (κ1) is 18.3. The third-order valence-electron chi connectivity index (χ3n) is 4.68. The van der Waals surface area contributed by atoms with Gasteiger partial charge in [0, 0.05) is 23.1 Å². The van der Waals surface area contributed by atoms with Gasteiger partial charge in [-0.25, -0.2) is 0 Å². The molecule has 6 heteroatoms. The Morgan fingerprint density at radius 1 is 0.964 bits per heavy atom. The van der Waals surface area contributed by atoms with Crippen LogP contribution in [0.1, 0.15) is 18.0 Å². The number of nitrogens with zero attached hydrogens (tertiary/aromatic N) is 1. The lowest BCUT2D eigenvalue weighted by Crippen LogP contribution is -2.27. The van der Waals surface area contributed by atoms with Gasteiger partial charge in [-0.2, -0.15) is 4.73 Å². The van der Waals surface area contributed by atoms with E-state index in [0.717, 1.165) is 36.7 Å². The summed E-state index contributed by atoms with van der Waals surface area (Å²) in [6.07, 6.45) is 1.32. The molecule has 1 unspecified atom stereocenters. The molecule has 5 nitrogen and oxygen atoms in total. The Hall–Kier alpha value is -3.09. The summed E-state index contributed by atoms with van der Waals surface area (Å²) in [5.41, 5.74) is 7.13. The van der Waals surface area contributed by atoms with Gasteiger partial charge in [0.2, 0.25) is 0 Å². The van der Waals surface area contributed by atoms with E-state index in [0.29, 0.717) is 5.03 Å². The summed E-state index contributed by atoms with van der Waals surface area (Å²) >= 11 is 1.40. The summed E-state index contributed by atoms with van der Waals surface area (Å²) < 4.78 is 0.846. The fourth-order valence-electron chi connectivity index (χ4n) is 3.52. The Labute approximate surface area is 166 Å². The number of carboxylic acid groups (broad SMARTS) is 1. The van der Waals surface area contributed by atoms with Crippen molar-refractivity contribution >= 4 is 39.3 Å². The second-order valence-corrected chi connectivity index (χ2v) is 7.54. The lowest BCUT2D eigenvalue weighted by atomic mass is 9.91. The fourth-order valence-corrected chi connectivity index (χ4v) is 4.60. The molecule has 0 bridgehead atoms. The van der Waals surface area contributed by atoms with Crippen LogP contribution in [0.4, 0.5) is 0 Å². The third kappa shape index (κ3) is 3.28. The molecule has 4 rings (SSSR count). The molecular formula is C22H18N2O3S. The minimum Gasteiger partial charge on any atom is -0.618 e. The van der Waals surface area contributed by atoms with E-state index < -0.39 is 12.0 Å². The first-order valence-corrected chi connectivity index (χ1v) is 9.64. The molecule has 0 fully saturated rings. The molecule has 140 valence electrons. The monoisotopic (exact) mass is 390 g/mol. The maximum absolute atomic E-state index is 12.2. The smallest absolute Gasteiger partial charge is 0.305 e. The van der Waals surface area contributed by atoms with Crippen LogP contribution in [0, 0.1) is 5.21 Å². The topological polar surface area (TPSA) is 90.3 Å². The van der Waals surface area contributed by atoms with E-state index in [-0.39, 0.29) is 6.42 Å². The average Bonchev–Trinajstić information content (AvgIpc) is 2.68. The van der Waals surface area contributed by atoms with Gasteiger partial charge in [-0.1, -0.05) is 48.5 Å². The Morgan fingerprint density at radius 2 is 1.50 bits per heavy atom. The van der Waals surface area contributed by atoms with Crippen LogP contribution in [0.25, 0.3) is 21.5 Å². The summed E-state index contributed by atoms with van der Waals surface area (Å²) in [6.45, 7) is 0. The van der Waals surface area contributed by atoms with Gasteiger partial charge < -0.3 is 16.0 Å². The van der Waals surface area contributed by atoms with Crippen molar-refractivity contribution in [1.29, 1.82) is 0 Å². The summed E-state index contributed by atoms with van der Waals surface area (Å²) in [5.74, 6) is -0.934. The zero-order chi connectivity index (χ0) is 19.7. The van der Waals surface area contributed by atoms with Crippen molar-refractivity contribution in [2.24, 2.45) is 5.73 Å². The van der Waals surface area contributed by atoms with Crippen molar-refractivity contribution in [3.8, 4) is 0 Å². The maximum Gasteiger partial charge on any atom is 0.305 e. The quantitative estimate of drug-likeness (QED) is 0.302. The highest BCUT2D eigenvalue weighted by atomic mass is 32.2. The standard InChI is InChI=1S/C22H18N2O3S/c23-18(13-20(25)26)21-14-7-1-3-9-16(14)22(17-10-4-2-8-15(17)21)28-19-11-5-6-12-24(19)27/h1-12,18H,13,23H2,(H,25,26). The van der Waals surface area contributed by atoms with Crippen molar-refractivity contribution in [2.75, 3.05) is 0 Å². The number of benzene rings is 3. The number of hydrogen-bond donors (Lipinski definition) is 2. The fraction of sp³-hybridized carbons (Fsp3) is 0.0909. The van der Waals surface area contributed by atoms with Gasteiger partial charge in [0.15, 0.2) is 6.20 Å². The Kier molecular flexibility index (Phi) is 4.90. The molecule has 0 saturated carbocycles. The van der Waals surface area contributed by atoms with Crippen LogP contribution < -0.4 is 10.5 Å². The molecule has 1 atom stereocenters. The van der Waals surface area contributed by atoms with Crippen LogP contribution in [-0.4, -0.2) is 11.1 Å². The van der Waals surface area contributed by atoms with Gasteiger partial charge in [0.05, 0.1) is 6.42 Å². The summed E-state index contributed by atoms with van der Waals surface area (Å²) in [5, 5.41) is 25.7. The zero-order valence-electron chi connectivity index (χ0n) is 14.9. The molecular weight excluding hydrogens is 372 g/mol. The van der Waals surface area contributed by atoms with Crippen molar-refractivity contribution in [1.82, 2.24) is 0 Å². The van der Waals surface area contributed by atoms with Crippen molar-refractivity contribution in [3.63, 3.8) is 0 Å². The van der Waals surface area contributed by atoms with Crippen LogP contribution >= 0.6 is 11.8 Å². The minimum atomic E-state index is -0.934. The number of aliphatic carboxylic acids is 1. The van der Waals surface area contributed by atoms with Gasteiger partial charge in [-0.15, -0.1) is 0 Å². The van der Waals surface area contributed by atoms with E-state index in [1.54, 1.807) is 12.1 Å². The number of hydrogen-bond acceptors (Lipinski definition) is 4. The average molecular weight is 390 g/mol. The van der Waals surface area contributed by atoms with Gasteiger partial charge in [-0.3, -0.25) is 4.79 Å². The number of nitrogens with two attached hydrogens (primary N) is 1. The Morgan fingerprint density at radius 3 is 2.04 bits per heavy atom. The number of fused-ring (bicyclic) bond motifs is 2. The normalized spacial score (nSPS) is 12.3. The van der Waals surface area contributed by atoms with E-state index in [1.165, 1.54) is 18.0 Å². The van der Waals surface area contributed by atoms with Gasteiger partial charge >= 0.3 is 5.97 Å². The Bertz CT molecular complexity index is 1140. The van der Waals surface area contributed by atoms with E-state index >= 15 is 0 Å². The molecule has 1 aromatic heterocycles. The first-order valence-electron chi connectivity index (χ1n) is 8.83. The van der Waals surface area contributed by atoms with Crippen LogP contribution in [0.5, 0.6) is 0 Å². The first-order chi connectivity index (χ1) is 13.6. The highest BCUT2D eigenvalue weighted by molar-refractivity contribution is 7.99. The molecule has 0 aliphatic rings. The Balaban J connectivity index is 2.03. The number of carboxylic acids is 1. The van der Waals surface area contributed by atoms with Crippen LogP contribution in [-0.2, 0) is 4.79 Å². The molecule has 0 saturated heterocycles. The predicted molar refractivity (Wildman–Crippen MR) is 110 cm³/mol. The second kappa shape index (κ2) is 7.50. The molecule has 1 heterocycles. The van der Waals surface area contributed by atoms with E-state index in [1.807, 2.05) is 54.6 Å². The van der Waals surface area contributed by atoms with Gasteiger partial charge in [-0.05, 0) is 44.9 Å². The minimum absolute atomic E-state index is 0.153. The number of pyridine rings is 1. The number of aromatic nitrogens is 1. The predicted octanol–water partition coefficient (Wildman–Crippen LogP) is 4.25. The van der Waals surface area contributed by atoms with Crippen LogP contribution in [0.15, 0.2) is 82.8 Å². The summed E-state index contributed by atoms with van der Waals surface area (Å²) in [7, 11) is 0. The number of carbonyl (C=O) groups is 1. The molecule has 0 aliphatic carbocycles. The SMILES string of the molecule is NC(CC(=O)O)c1c2ccccc2c(Sc2cccc[n+]2[O-])c2ccccc12. The molecule has 0 amide bonds. The van der Waals surface area contributed by atoms with Crippen LogP contribution in [0.3, 0.4) is 0 Å². The molecule has 0 spiro atoms. The van der Waals surface area contributed by atoms with E-state index in [9.17, 15) is 15.1 Å². The van der Waals surface area contributed by atoms with Crippen molar-refractivity contribution < 1.29 is 14.6 Å². The highest BCUT2D eigenvalue weighted by Crippen LogP contribution is 2.42. The van der Waals surface area contributed by atoms with Gasteiger partial charge in [0.1, 0.15) is 0 Å². The van der Waals surface area contributed by atoms with Crippen LogP contribution in [0.2, 0.25) is 0 Å². The molecule has 4 aromatic rings. The summed E-state index contributed by atoms with van der Waals surface area (Å²) in [4.78, 5) is 12.2.